The number of hydrogen-bond acceptors (Lipinski definition) is 4. The number of anilines is 1. The van der Waals surface area contributed by atoms with E-state index in [0.717, 1.165) is 0 Å². The maximum atomic E-state index is 12.3. The Morgan fingerprint density at radius 2 is 2.24 bits per heavy atom. The molecule has 1 atom stereocenters. The highest BCUT2D eigenvalue weighted by Gasteiger charge is 2.23. The molecular formula is C15H13BrN2O3. The second kappa shape index (κ2) is 5.83. The summed E-state index contributed by atoms with van der Waals surface area (Å²) in [6.07, 6.45) is 1.54. The first-order chi connectivity index (χ1) is 10.2. The number of amides is 1. The first-order valence-corrected chi connectivity index (χ1v) is 7.32. The van der Waals surface area contributed by atoms with Gasteiger partial charge in [0.05, 0.1) is 18.4 Å². The van der Waals surface area contributed by atoms with Gasteiger partial charge >= 0.3 is 0 Å². The van der Waals surface area contributed by atoms with Crippen LogP contribution in [-0.4, -0.2) is 22.6 Å². The quantitative estimate of drug-likeness (QED) is 0.875. The van der Waals surface area contributed by atoms with E-state index in [0.29, 0.717) is 40.2 Å². The smallest absolute Gasteiger partial charge is 0.275 e. The van der Waals surface area contributed by atoms with E-state index in [1.807, 2.05) is 0 Å². The number of aliphatic hydroxyl groups excluding tert-OH is 1. The van der Waals surface area contributed by atoms with Crippen molar-refractivity contribution in [3.05, 3.63) is 52.3 Å². The molecule has 2 aromatic rings. The number of pyridine rings is 1. The molecule has 108 valence electrons. The van der Waals surface area contributed by atoms with Crippen LogP contribution in [0.3, 0.4) is 0 Å². The summed E-state index contributed by atoms with van der Waals surface area (Å²) < 4.78 is 6.20. The molecular weight excluding hydrogens is 336 g/mol. The first-order valence-electron chi connectivity index (χ1n) is 6.52. The average molecular weight is 349 g/mol. The number of carbonyl (C=O) groups excluding carboxylic acids is 1. The van der Waals surface area contributed by atoms with Crippen LogP contribution < -0.4 is 10.1 Å². The molecule has 1 aromatic heterocycles. The molecule has 5 nitrogen and oxygen atoms in total. The number of carbonyl (C=O) groups is 1. The van der Waals surface area contributed by atoms with Gasteiger partial charge in [0.2, 0.25) is 0 Å². The highest BCUT2D eigenvalue weighted by Crippen LogP contribution is 2.38. The van der Waals surface area contributed by atoms with Crippen LogP contribution in [0.1, 0.15) is 28.6 Å². The van der Waals surface area contributed by atoms with Crippen molar-refractivity contribution in [3.63, 3.8) is 0 Å². The molecule has 2 heterocycles. The Labute approximate surface area is 130 Å². The summed E-state index contributed by atoms with van der Waals surface area (Å²) in [6.45, 7) is 0.425. The Hall–Kier alpha value is -1.92. The van der Waals surface area contributed by atoms with Crippen molar-refractivity contribution >= 4 is 27.5 Å². The van der Waals surface area contributed by atoms with Gasteiger partial charge in [0.25, 0.3) is 5.91 Å². The topological polar surface area (TPSA) is 71.5 Å². The molecule has 0 unspecified atom stereocenters. The molecule has 0 saturated carbocycles. The van der Waals surface area contributed by atoms with Crippen molar-refractivity contribution in [1.82, 2.24) is 4.98 Å². The monoisotopic (exact) mass is 348 g/mol. The molecule has 0 aliphatic carbocycles. The fraction of sp³-hybridized carbons (Fsp3) is 0.200. The van der Waals surface area contributed by atoms with E-state index in [1.54, 1.807) is 36.5 Å². The van der Waals surface area contributed by atoms with Gasteiger partial charge < -0.3 is 15.2 Å². The molecule has 1 aromatic carbocycles. The van der Waals surface area contributed by atoms with Crippen molar-refractivity contribution in [2.24, 2.45) is 0 Å². The minimum absolute atomic E-state index is 0.298. The molecule has 2 N–H and O–H groups in total. The molecule has 0 radical (unpaired) electrons. The Bertz CT molecular complexity index is 690. The zero-order valence-corrected chi connectivity index (χ0v) is 12.6. The Balaban J connectivity index is 1.91. The summed E-state index contributed by atoms with van der Waals surface area (Å²) in [5, 5.41) is 12.7. The highest BCUT2D eigenvalue weighted by molar-refractivity contribution is 9.10. The van der Waals surface area contributed by atoms with E-state index in [-0.39, 0.29) is 5.91 Å². The molecule has 0 fully saturated rings. The molecule has 21 heavy (non-hydrogen) atoms. The summed E-state index contributed by atoms with van der Waals surface area (Å²) >= 11 is 3.30. The lowest BCUT2D eigenvalue weighted by Crippen LogP contribution is -2.19. The number of hydrogen-bond donors (Lipinski definition) is 2. The van der Waals surface area contributed by atoms with Crippen LogP contribution in [-0.2, 0) is 0 Å². The predicted molar refractivity (Wildman–Crippen MR) is 81.4 cm³/mol. The minimum atomic E-state index is -0.563. The largest absolute Gasteiger partial charge is 0.491 e. The molecule has 6 heteroatoms. The Morgan fingerprint density at radius 3 is 3.05 bits per heavy atom. The molecule has 1 aliphatic heterocycles. The van der Waals surface area contributed by atoms with Crippen LogP contribution in [0.5, 0.6) is 5.75 Å². The second-order valence-corrected chi connectivity index (χ2v) is 5.52. The normalized spacial score (nSPS) is 16.8. The Kier molecular flexibility index (Phi) is 3.90. The lowest BCUT2D eigenvalue weighted by Gasteiger charge is -2.24. The lowest BCUT2D eigenvalue weighted by atomic mass is 10.0. The van der Waals surface area contributed by atoms with Crippen LogP contribution >= 0.6 is 15.9 Å². The van der Waals surface area contributed by atoms with Crippen LogP contribution in [0.2, 0.25) is 0 Å². The van der Waals surface area contributed by atoms with Gasteiger partial charge in [-0.15, -0.1) is 0 Å². The van der Waals surface area contributed by atoms with Crippen molar-refractivity contribution < 1.29 is 14.6 Å². The fourth-order valence-corrected chi connectivity index (χ4v) is 2.67. The van der Waals surface area contributed by atoms with E-state index in [9.17, 15) is 9.90 Å². The van der Waals surface area contributed by atoms with E-state index in [1.165, 1.54) is 0 Å². The summed E-state index contributed by atoms with van der Waals surface area (Å²) in [5.74, 6) is 0.191. The summed E-state index contributed by atoms with van der Waals surface area (Å²) in [6, 6.07) is 8.81. The number of aliphatic hydroxyl groups is 1. The number of para-hydroxylation sites is 1. The molecule has 0 spiro atoms. The number of aromatic nitrogens is 1. The third-order valence-electron chi connectivity index (χ3n) is 3.26. The summed E-state index contributed by atoms with van der Waals surface area (Å²) in [7, 11) is 0. The minimum Gasteiger partial charge on any atom is -0.491 e. The maximum absolute atomic E-state index is 12.3. The number of nitrogens with zero attached hydrogens (tertiary/aromatic N) is 1. The standard InChI is InChI=1S/C15H13BrN2O3/c16-10-4-2-7-17-13(10)15(20)18-11-5-1-3-9-12(19)6-8-21-14(9)11/h1-5,7,12,19H,6,8H2,(H,18,20)/t12-/m1/s1. The molecule has 3 rings (SSSR count). The van der Waals surface area contributed by atoms with E-state index < -0.39 is 6.10 Å². The number of nitrogens with one attached hydrogen (secondary N) is 1. The zero-order chi connectivity index (χ0) is 14.8. The van der Waals surface area contributed by atoms with Crippen molar-refractivity contribution in [3.8, 4) is 5.75 Å². The molecule has 0 bridgehead atoms. The number of halogens is 1. The van der Waals surface area contributed by atoms with Gasteiger partial charge in [-0.3, -0.25) is 4.79 Å². The van der Waals surface area contributed by atoms with Crippen molar-refractivity contribution in [1.29, 1.82) is 0 Å². The number of ether oxygens (including phenoxy) is 1. The average Bonchev–Trinajstić information content (AvgIpc) is 2.49. The van der Waals surface area contributed by atoms with E-state index >= 15 is 0 Å². The predicted octanol–water partition coefficient (Wildman–Crippen LogP) is 2.91. The second-order valence-electron chi connectivity index (χ2n) is 4.66. The Morgan fingerprint density at radius 1 is 1.38 bits per heavy atom. The van der Waals surface area contributed by atoms with Crippen molar-refractivity contribution in [2.45, 2.75) is 12.5 Å². The maximum Gasteiger partial charge on any atom is 0.275 e. The number of rotatable bonds is 2. The van der Waals surface area contributed by atoms with Gasteiger partial charge in [-0.05, 0) is 34.1 Å². The zero-order valence-electron chi connectivity index (χ0n) is 11.0. The highest BCUT2D eigenvalue weighted by atomic mass is 79.9. The fourth-order valence-electron chi connectivity index (χ4n) is 2.24. The SMILES string of the molecule is O=C(Nc1cccc2c1OCC[C@H]2O)c1ncccc1Br. The summed E-state index contributed by atoms with van der Waals surface area (Å²) in [5.41, 5.74) is 1.53. The van der Waals surface area contributed by atoms with Crippen molar-refractivity contribution in [2.75, 3.05) is 11.9 Å². The van der Waals surface area contributed by atoms with Gasteiger partial charge in [0.15, 0.2) is 0 Å². The third-order valence-corrected chi connectivity index (χ3v) is 3.90. The number of fused-ring (bicyclic) bond motifs is 1. The first kappa shape index (κ1) is 14.0. The van der Waals surface area contributed by atoms with Crippen LogP contribution in [0.4, 0.5) is 5.69 Å². The molecule has 1 aliphatic rings. The number of benzene rings is 1. The third kappa shape index (κ3) is 2.77. The van der Waals surface area contributed by atoms with E-state index in [2.05, 4.69) is 26.2 Å². The van der Waals surface area contributed by atoms with E-state index in [4.69, 9.17) is 4.74 Å². The van der Waals surface area contributed by atoms with Gasteiger partial charge in [0, 0.05) is 22.7 Å². The van der Waals surface area contributed by atoms with Crippen LogP contribution in [0.15, 0.2) is 41.0 Å². The van der Waals surface area contributed by atoms with Gasteiger partial charge in [0.1, 0.15) is 11.4 Å². The summed E-state index contributed by atoms with van der Waals surface area (Å²) in [4.78, 5) is 16.3. The van der Waals surface area contributed by atoms with Gasteiger partial charge in [-0.1, -0.05) is 12.1 Å². The van der Waals surface area contributed by atoms with Crippen LogP contribution in [0, 0.1) is 0 Å². The van der Waals surface area contributed by atoms with Gasteiger partial charge in [-0.25, -0.2) is 4.98 Å². The van der Waals surface area contributed by atoms with Crippen LogP contribution in [0.25, 0.3) is 0 Å². The van der Waals surface area contributed by atoms with Gasteiger partial charge in [-0.2, -0.15) is 0 Å². The molecule has 0 saturated heterocycles. The molecule has 1 amide bonds. The lowest BCUT2D eigenvalue weighted by molar-refractivity contribution is 0.101.